The molecule has 0 radical (unpaired) electrons. The smallest absolute Gasteiger partial charge is 0.436 e. The van der Waals surface area contributed by atoms with Crippen LogP contribution < -0.4 is 9.47 Å². The largest absolute Gasteiger partial charge is 0.573 e. The number of rotatable bonds is 8. The summed E-state index contributed by atoms with van der Waals surface area (Å²) >= 11 is 0. The third kappa shape index (κ3) is 7.08. The van der Waals surface area contributed by atoms with E-state index in [4.69, 9.17) is 4.74 Å². The number of nitro groups is 1. The maximum Gasteiger partial charge on any atom is 0.573 e. The number of imidazole rings is 1. The lowest BCUT2D eigenvalue weighted by Gasteiger charge is -2.43. The molecule has 2 fully saturated rings. The summed E-state index contributed by atoms with van der Waals surface area (Å²) in [6.07, 6.45) is 2.95. The maximum absolute atomic E-state index is 12.3. The predicted molar refractivity (Wildman–Crippen MR) is 138 cm³/mol. The Morgan fingerprint density at radius 3 is 2.44 bits per heavy atom. The number of hydrogen-bond donors (Lipinski definition) is 0. The number of likely N-dealkylation sites (tertiary alicyclic amines) is 1. The van der Waals surface area contributed by atoms with E-state index in [-0.39, 0.29) is 11.6 Å². The molecule has 4 heterocycles. The molecular formula is C26H33F3N6O4. The Kier molecular flexibility index (Phi) is 7.83. The van der Waals surface area contributed by atoms with Gasteiger partial charge in [0.05, 0.1) is 6.54 Å². The van der Waals surface area contributed by atoms with E-state index in [0.717, 1.165) is 70.8 Å². The highest BCUT2D eigenvalue weighted by molar-refractivity contribution is 5.50. The molecule has 1 aromatic carbocycles. The topological polar surface area (TPSA) is 89.1 Å². The van der Waals surface area contributed by atoms with E-state index in [1.54, 1.807) is 16.7 Å². The summed E-state index contributed by atoms with van der Waals surface area (Å²) in [6.45, 7) is 10.1. The van der Waals surface area contributed by atoms with E-state index in [1.807, 2.05) is 13.0 Å². The van der Waals surface area contributed by atoms with Crippen LogP contribution in [0.15, 0.2) is 36.5 Å². The Bertz CT molecular complexity index is 1150. The molecule has 0 bridgehead atoms. The predicted octanol–water partition coefficient (Wildman–Crippen LogP) is 3.64. The first-order valence-corrected chi connectivity index (χ1v) is 13.2. The number of benzene rings is 1. The molecule has 2 saturated heterocycles. The van der Waals surface area contributed by atoms with E-state index in [2.05, 4.69) is 30.5 Å². The Balaban J connectivity index is 1.00. The number of hydrogen-bond acceptors (Lipinski definition) is 8. The van der Waals surface area contributed by atoms with Crippen LogP contribution in [-0.4, -0.2) is 99.5 Å². The van der Waals surface area contributed by atoms with Gasteiger partial charge < -0.3 is 19.6 Å². The first-order chi connectivity index (χ1) is 18.6. The van der Waals surface area contributed by atoms with Crippen molar-refractivity contribution in [2.45, 2.75) is 44.3 Å². The van der Waals surface area contributed by atoms with Gasteiger partial charge in [0.2, 0.25) is 0 Å². The standard InChI is InChI=1S/C26H33F3N6O4/c1-25(19-34-17-23(35(36)37)30-24(34)39-25)18-32-13-15-33(16-14-32)21-8-11-31(12-9-21)10-2-3-20-4-6-22(7-5-20)38-26(27,28)29/h2-7,17,21H,8-16,18-19H2,1H3/b3-2+/t25-/m0/s1. The van der Waals surface area contributed by atoms with Crippen molar-refractivity contribution in [3.05, 3.63) is 52.2 Å². The fourth-order valence-corrected chi connectivity index (χ4v) is 5.71. The van der Waals surface area contributed by atoms with Crippen LogP contribution in [0.1, 0.15) is 25.3 Å². The van der Waals surface area contributed by atoms with Gasteiger partial charge in [0.25, 0.3) is 0 Å². The quantitative estimate of drug-likeness (QED) is 0.364. The van der Waals surface area contributed by atoms with Gasteiger partial charge in [0.15, 0.2) is 0 Å². The Morgan fingerprint density at radius 1 is 1.13 bits per heavy atom. The second-order valence-electron chi connectivity index (χ2n) is 10.7. The molecule has 3 aliphatic heterocycles. The summed E-state index contributed by atoms with van der Waals surface area (Å²) in [7, 11) is 0. The van der Waals surface area contributed by atoms with Gasteiger partial charge in [0.1, 0.15) is 17.5 Å². The zero-order valence-electron chi connectivity index (χ0n) is 21.8. The zero-order valence-corrected chi connectivity index (χ0v) is 21.8. The Labute approximate surface area is 224 Å². The van der Waals surface area contributed by atoms with Crippen LogP contribution in [0.4, 0.5) is 19.0 Å². The third-order valence-electron chi connectivity index (χ3n) is 7.58. The normalized spacial score (nSPS) is 23.7. The summed E-state index contributed by atoms with van der Waals surface area (Å²) in [5, 5.41) is 10.9. The Morgan fingerprint density at radius 2 is 1.82 bits per heavy atom. The number of fused-ring (bicyclic) bond motifs is 1. The SMILES string of the molecule is C[C@]1(CN2CCN(C3CCN(C/C=C/c4ccc(OC(F)(F)F)cc4)CC3)CC2)Cn2cc([N+](=O)[O-])nc2O1. The van der Waals surface area contributed by atoms with E-state index < -0.39 is 16.9 Å². The van der Waals surface area contributed by atoms with Crippen molar-refractivity contribution in [2.75, 3.05) is 52.4 Å². The van der Waals surface area contributed by atoms with Crippen molar-refractivity contribution in [2.24, 2.45) is 0 Å². The van der Waals surface area contributed by atoms with Crippen molar-refractivity contribution in [3.63, 3.8) is 0 Å². The molecule has 39 heavy (non-hydrogen) atoms. The van der Waals surface area contributed by atoms with Gasteiger partial charge in [-0.3, -0.25) is 19.3 Å². The highest BCUT2D eigenvalue weighted by atomic mass is 19.4. The van der Waals surface area contributed by atoms with Crippen molar-refractivity contribution in [3.8, 4) is 11.8 Å². The summed E-state index contributed by atoms with van der Waals surface area (Å²) in [6, 6.07) is 6.76. The van der Waals surface area contributed by atoms with Crippen molar-refractivity contribution in [1.29, 1.82) is 0 Å². The minimum atomic E-state index is -4.68. The fourth-order valence-electron chi connectivity index (χ4n) is 5.71. The van der Waals surface area contributed by atoms with Crippen LogP contribution in [0, 0.1) is 10.1 Å². The molecule has 1 aromatic heterocycles. The number of alkyl halides is 3. The van der Waals surface area contributed by atoms with Crippen molar-refractivity contribution >= 4 is 11.9 Å². The van der Waals surface area contributed by atoms with Gasteiger partial charge in [0, 0.05) is 50.3 Å². The van der Waals surface area contributed by atoms with Crippen LogP contribution in [0.5, 0.6) is 11.8 Å². The second-order valence-corrected chi connectivity index (χ2v) is 10.7. The fraction of sp³-hybridized carbons (Fsp3) is 0.577. The van der Waals surface area contributed by atoms with Crippen LogP contribution in [0.25, 0.3) is 6.08 Å². The van der Waals surface area contributed by atoms with Crippen molar-refractivity contribution in [1.82, 2.24) is 24.3 Å². The molecule has 5 rings (SSSR count). The van der Waals surface area contributed by atoms with Gasteiger partial charge in [-0.15, -0.1) is 13.2 Å². The first-order valence-electron chi connectivity index (χ1n) is 13.2. The molecule has 0 saturated carbocycles. The molecule has 13 heteroatoms. The number of piperidine rings is 1. The van der Waals surface area contributed by atoms with Crippen LogP contribution in [0.3, 0.4) is 0 Å². The minimum absolute atomic E-state index is 0.184. The van der Waals surface area contributed by atoms with Gasteiger partial charge in [-0.2, -0.15) is 0 Å². The second kappa shape index (κ2) is 11.1. The summed E-state index contributed by atoms with van der Waals surface area (Å²) in [4.78, 5) is 21.8. The lowest BCUT2D eigenvalue weighted by atomic mass is 10.0. The zero-order chi connectivity index (χ0) is 27.6. The summed E-state index contributed by atoms with van der Waals surface area (Å²) < 4.78 is 48.5. The highest BCUT2D eigenvalue weighted by Gasteiger charge is 2.42. The lowest BCUT2D eigenvalue weighted by molar-refractivity contribution is -0.389. The third-order valence-corrected chi connectivity index (χ3v) is 7.58. The van der Waals surface area contributed by atoms with E-state index in [1.165, 1.54) is 18.3 Å². The van der Waals surface area contributed by atoms with E-state index >= 15 is 0 Å². The number of halogens is 3. The van der Waals surface area contributed by atoms with Crippen LogP contribution in [0.2, 0.25) is 0 Å². The molecule has 0 N–H and O–H groups in total. The highest BCUT2D eigenvalue weighted by Crippen LogP contribution is 2.32. The molecule has 0 amide bonds. The Hall–Kier alpha value is -3.16. The molecule has 2 aromatic rings. The van der Waals surface area contributed by atoms with Gasteiger partial charge in [-0.25, -0.2) is 0 Å². The monoisotopic (exact) mass is 550 g/mol. The minimum Gasteiger partial charge on any atom is -0.436 e. The van der Waals surface area contributed by atoms with Gasteiger partial charge >= 0.3 is 18.2 Å². The molecule has 10 nitrogen and oxygen atoms in total. The molecule has 212 valence electrons. The molecule has 3 aliphatic rings. The maximum atomic E-state index is 12.3. The van der Waals surface area contributed by atoms with Crippen LogP contribution >= 0.6 is 0 Å². The number of nitrogens with zero attached hydrogens (tertiary/aromatic N) is 6. The average Bonchev–Trinajstić information content (AvgIpc) is 3.40. The number of ether oxygens (including phenoxy) is 2. The van der Waals surface area contributed by atoms with Gasteiger partial charge in [-0.1, -0.05) is 24.3 Å². The first kappa shape index (κ1) is 27.4. The molecule has 0 spiro atoms. The molecule has 0 aliphatic carbocycles. The van der Waals surface area contributed by atoms with E-state index in [0.29, 0.717) is 18.6 Å². The summed E-state index contributed by atoms with van der Waals surface area (Å²) in [5.41, 5.74) is 0.387. The lowest BCUT2D eigenvalue weighted by Crippen LogP contribution is -2.56. The van der Waals surface area contributed by atoms with Gasteiger partial charge in [-0.05, 0) is 55.5 Å². The molecule has 0 unspecified atom stereocenters. The van der Waals surface area contributed by atoms with Crippen molar-refractivity contribution < 1.29 is 27.6 Å². The average molecular weight is 551 g/mol. The van der Waals surface area contributed by atoms with Crippen LogP contribution in [-0.2, 0) is 6.54 Å². The van der Waals surface area contributed by atoms with E-state index in [9.17, 15) is 23.3 Å². The molecular weight excluding hydrogens is 517 g/mol. The number of piperazine rings is 1. The molecule has 1 atom stereocenters. The number of aromatic nitrogens is 2. The summed E-state index contributed by atoms with van der Waals surface area (Å²) in [5.74, 6) is -0.402.